The molecule has 2 N–H and O–H groups in total. The number of nitrogens with zero attached hydrogens (tertiary/aromatic N) is 1. The Bertz CT molecular complexity index is 614. The summed E-state index contributed by atoms with van der Waals surface area (Å²) in [5.74, 6) is -0.0769. The van der Waals surface area contributed by atoms with Crippen LogP contribution in [0.5, 0.6) is 0 Å². The molecule has 1 saturated carbocycles. The number of benzene rings is 1. The fourth-order valence-electron chi connectivity index (χ4n) is 4.00. The first-order valence-electron chi connectivity index (χ1n) is 8.08. The molecule has 6 heteroatoms. The molecule has 2 fully saturated rings. The molecular weight excluding hydrogens is 314 g/mol. The molecule has 3 rings (SSSR count). The molecule has 0 bridgehead atoms. The van der Waals surface area contributed by atoms with Gasteiger partial charge in [0.2, 0.25) is 5.91 Å². The summed E-state index contributed by atoms with van der Waals surface area (Å²) < 4.78 is 0. The molecule has 1 atom stereocenters. The molecule has 1 aromatic rings. The van der Waals surface area contributed by atoms with Crippen LogP contribution in [0.15, 0.2) is 24.3 Å². The molecule has 0 aromatic heterocycles. The van der Waals surface area contributed by atoms with E-state index in [-0.39, 0.29) is 23.3 Å². The lowest BCUT2D eigenvalue weighted by Gasteiger charge is -2.28. The summed E-state index contributed by atoms with van der Waals surface area (Å²) in [7, 11) is 1.66. The van der Waals surface area contributed by atoms with Gasteiger partial charge in [-0.3, -0.25) is 4.79 Å². The standard InChI is InChI=1S/C17H22ClN3O2/c1-19-15(22)12-10-21(11-17(12)8-4-5-9-17)16(23)20-14-7-3-2-6-13(14)18/h2-3,6-7,12H,4-5,8-11H2,1H3,(H,19,22)(H,20,23)/t12-/m0/s1. The largest absolute Gasteiger partial charge is 0.359 e. The van der Waals surface area contributed by atoms with E-state index in [2.05, 4.69) is 10.6 Å². The highest BCUT2D eigenvalue weighted by Crippen LogP contribution is 2.49. The number of carbonyl (C=O) groups excluding carboxylic acids is 2. The van der Waals surface area contributed by atoms with E-state index < -0.39 is 0 Å². The van der Waals surface area contributed by atoms with E-state index in [1.165, 1.54) is 0 Å². The Morgan fingerprint density at radius 2 is 1.96 bits per heavy atom. The molecule has 23 heavy (non-hydrogen) atoms. The predicted molar refractivity (Wildman–Crippen MR) is 90.5 cm³/mol. The minimum Gasteiger partial charge on any atom is -0.359 e. The summed E-state index contributed by atoms with van der Waals surface area (Å²) in [6, 6.07) is 6.99. The second-order valence-electron chi connectivity index (χ2n) is 6.53. The lowest BCUT2D eigenvalue weighted by molar-refractivity contribution is -0.127. The van der Waals surface area contributed by atoms with E-state index >= 15 is 0 Å². The lowest BCUT2D eigenvalue weighted by Crippen LogP contribution is -2.38. The van der Waals surface area contributed by atoms with Crippen LogP contribution in [0.25, 0.3) is 0 Å². The topological polar surface area (TPSA) is 61.4 Å². The maximum atomic E-state index is 12.6. The van der Waals surface area contributed by atoms with Crippen molar-refractivity contribution in [3.8, 4) is 0 Å². The Morgan fingerprint density at radius 3 is 2.61 bits per heavy atom. The molecule has 0 radical (unpaired) electrons. The first-order chi connectivity index (χ1) is 11.1. The Kier molecular flexibility index (Phi) is 4.48. The fraction of sp³-hybridized carbons (Fsp3) is 0.529. The van der Waals surface area contributed by atoms with Gasteiger partial charge in [0.25, 0.3) is 0 Å². The minimum atomic E-state index is -0.184. The van der Waals surface area contributed by atoms with Crippen molar-refractivity contribution in [1.82, 2.24) is 10.2 Å². The first-order valence-corrected chi connectivity index (χ1v) is 8.45. The van der Waals surface area contributed by atoms with Gasteiger partial charge in [-0.25, -0.2) is 4.79 Å². The van der Waals surface area contributed by atoms with Crippen molar-refractivity contribution in [2.45, 2.75) is 25.7 Å². The van der Waals surface area contributed by atoms with Crippen LogP contribution >= 0.6 is 11.6 Å². The van der Waals surface area contributed by atoms with Crippen LogP contribution in [0.3, 0.4) is 0 Å². The Morgan fingerprint density at radius 1 is 1.26 bits per heavy atom. The molecule has 1 aromatic carbocycles. The second-order valence-corrected chi connectivity index (χ2v) is 6.93. The number of anilines is 1. The Labute approximate surface area is 141 Å². The molecule has 124 valence electrons. The summed E-state index contributed by atoms with van der Waals surface area (Å²) in [5.41, 5.74) is 0.542. The summed E-state index contributed by atoms with van der Waals surface area (Å²) in [4.78, 5) is 26.6. The number of rotatable bonds is 2. The van der Waals surface area contributed by atoms with Gasteiger partial charge in [-0.15, -0.1) is 0 Å². The van der Waals surface area contributed by atoms with Crippen molar-refractivity contribution in [2.24, 2.45) is 11.3 Å². The molecule has 1 spiro atoms. The molecule has 1 aliphatic heterocycles. The second kappa shape index (κ2) is 6.40. The molecule has 2 aliphatic rings. The van der Waals surface area contributed by atoms with Gasteiger partial charge in [0.1, 0.15) is 0 Å². The number of hydrogen-bond acceptors (Lipinski definition) is 2. The molecule has 1 aliphatic carbocycles. The highest BCUT2D eigenvalue weighted by molar-refractivity contribution is 6.33. The van der Waals surface area contributed by atoms with E-state index in [9.17, 15) is 9.59 Å². The number of amides is 3. The normalized spacial score (nSPS) is 22.3. The molecule has 5 nitrogen and oxygen atoms in total. The van der Waals surface area contributed by atoms with Gasteiger partial charge in [0.05, 0.1) is 16.6 Å². The van der Waals surface area contributed by atoms with Crippen LogP contribution in [0, 0.1) is 11.3 Å². The third-order valence-electron chi connectivity index (χ3n) is 5.21. The van der Waals surface area contributed by atoms with Gasteiger partial charge in [-0.2, -0.15) is 0 Å². The summed E-state index contributed by atoms with van der Waals surface area (Å²) in [6.07, 6.45) is 4.29. The van der Waals surface area contributed by atoms with E-state index in [4.69, 9.17) is 11.6 Å². The average molecular weight is 336 g/mol. The van der Waals surface area contributed by atoms with Crippen LogP contribution in [0.2, 0.25) is 5.02 Å². The van der Waals surface area contributed by atoms with Gasteiger partial charge in [0.15, 0.2) is 0 Å². The monoisotopic (exact) mass is 335 g/mol. The average Bonchev–Trinajstić information content (AvgIpc) is 3.17. The zero-order chi connectivity index (χ0) is 16.4. The van der Waals surface area contributed by atoms with Crippen LogP contribution in [-0.2, 0) is 4.79 Å². The van der Waals surface area contributed by atoms with Crippen LogP contribution in [-0.4, -0.2) is 37.0 Å². The van der Waals surface area contributed by atoms with E-state index in [1.54, 1.807) is 24.1 Å². The molecule has 0 unspecified atom stereocenters. The van der Waals surface area contributed by atoms with Crippen LogP contribution in [0.4, 0.5) is 10.5 Å². The zero-order valence-corrected chi connectivity index (χ0v) is 14.0. The van der Waals surface area contributed by atoms with Gasteiger partial charge in [-0.1, -0.05) is 36.6 Å². The van der Waals surface area contributed by atoms with Crippen LogP contribution in [0.1, 0.15) is 25.7 Å². The summed E-state index contributed by atoms with van der Waals surface area (Å²) in [6.45, 7) is 1.11. The highest BCUT2D eigenvalue weighted by Gasteiger charge is 2.52. The molecule has 1 saturated heterocycles. The molecular formula is C17H22ClN3O2. The summed E-state index contributed by atoms with van der Waals surface area (Å²) >= 11 is 6.10. The molecule has 1 heterocycles. The lowest BCUT2D eigenvalue weighted by atomic mass is 9.76. The predicted octanol–water partition coefficient (Wildman–Crippen LogP) is 3.11. The number of para-hydroxylation sites is 1. The number of hydrogen-bond donors (Lipinski definition) is 2. The number of nitrogens with one attached hydrogen (secondary N) is 2. The van der Waals surface area contributed by atoms with Crippen molar-refractivity contribution in [2.75, 3.05) is 25.5 Å². The van der Waals surface area contributed by atoms with Crippen molar-refractivity contribution < 1.29 is 9.59 Å². The smallest absolute Gasteiger partial charge is 0.321 e. The number of carbonyl (C=O) groups is 2. The van der Waals surface area contributed by atoms with Crippen molar-refractivity contribution in [3.05, 3.63) is 29.3 Å². The van der Waals surface area contributed by atoms with Crippen molar-refractivity contribution in [1.29, 1.82) is 0 Å². The van der Waals surface area contributed by atoms with Crippen LogP contribution < -0.4 is 10.6 Å². The SMILES string of the molecule is CNC(=O)[C@@H]1CN(C(=O)Nc2ccccc2Cl)CC12CCCC2. The Balaban J connectivity index is 1.75. The van der Waals surface area contributed by atoms with E-state index in [1.807, 2.05) is 12.1 Å². The number of halogens is 1. The number of likely N-dealkylation sites (tertiary alicyclic amines) is 1. The van der Waals surface area contributed by atoms with Crippen molar-refractivity contribution in [3.63, 3.8) is 0 Å². The van der Waals surface area contributed by atoms with Gasteiger partial charge < -0.3 is 15.5 Å². The third-order valence-corrected chi connectivity index (χ3v) is 5.54. The number of urea groups is 1. The first kappa shape index (κ1) is 16.1. The highest BCUT2D eigenvalue weighted by atomic mass is 35.5. The van der Waals surface area contributed by atoms with Gasteiger partial charge >= 0.3 is 6.03 Å². The van der Waals surface area contributed by atoms with E-state index in [0.717, 1.165) is 25.7 Å². The Hall–Kier alpha value is -1.75. The maximum Gasteiger partial charge on any atom is 0.321 e. The fourth-order valence-corrected chi connectivity index (χ4v) is 4.18. The quantitative estimate of drug-likeness (QED) is 0.872. The van der Waals surface area contributed by atoms with Crippen molar-refractivity contribution >= 4 is 29.2 Å². The van der Waals surface area contributed by atoms with Gasteiger partial charge in [0, 0.05) is 25.6 Å². The van der Waals surface area contributed by atoms with Gasteiger partial charge in [-0.05, 0) is 25.0 Å². The van der Waals surface area contributed by atoms with E-state index in [0.29, 0.717) is 23.8 Å². The minimum absolute atomic E-state index is 0.0416. The third kappa shape index (κ3) is 3.02. The zero-order valence-electron chi connectivity index (χ0n) is 13.3. The molecule has 3 amide bonds. The summed E-state index contributed by atoms with van der Waals surface area (Å²) in [5, 5.41) is 6.13. The maximum absolute atomic E-state index is 12.6.